The van der Waals surface area contributed by atoms with Gasteiger partial charge in [-0.05, 0) is 42.9 Å². The van der Waals surface area contributed by atoms with Crippen LogP contribution in [0.5, 0.6) is 0 Å². The van der Waals surface area contributed by atoms with E-state index in [0.717, 1.165) is 25.9 Å². The van der Waals surface area contributed by atoms with E-state index in [1.54, 1.807) is 0 Å². The Kier molecular flexibility index (Phi) is 4.55. The first kappa shape index (κ1) is 15.5. The summed E-state index contributed by atoms with van der Waals surface area (Å²) < 4.78 is 0. The quantitative estimate of drug-likeness (QED) is 0.887. The molecule has 1 aliphatic rings. The lowest BCUT2D eigenvalue weighted by Gasteiger charge is -2.36. The number of rotatable bonds is 3. The average molecular weight is 275 g/mol. The second kappa shape index (κ2) is 5.87. The maximum atomic E-state index is 10.8. The van der Waals surface area contributed by atoms with Gasteiger partial charge in [-0.2, -0.15) is 0 Å². The second-order valence-electron chi connectivity index (χ2n) is 7.52. The number of hydrogen-bond donors (Lipinski definition) is 2. The Hall–Kier alpha value is -0.860. The van der Waals surface area contributed by atoms with Crippen LogP contribution < -0.4 is 5.32 Å². The molecule has 2 atom stereocenters. The molecule has 2 rings (SSSR count). The Balaban J connectivity index is 2.05. The molecule has 1 saturated heterocycles. The van der Waals surface area contributed by atoms with Crippen molar-refractivity contribution in [2.45, 2.75) is 58.0 Å². The molecule has 1 aromatic rings. The van der Waals surface area contributed by atoms with Crippen molar-refractivity contribution in [3.8, 4) is 0 Å². The van der Waals surface area contributed by atoms with Crippen molar-refractivity contribution < 1.29 is 5.11 Å². The maximum Gasteiger partial charge on any atom is 0.0700 e. The molecule has 20 heavy (non-hydrogen) atoms. The molecule has 0 aromatic heterocycles. The minimum absolute atomic E-state index is 0.189. The van der Waals surface area contributed by atoms with Crippen LogP contribution in [0.2, 0.25) is 0 Å². The zero-order chi connectivity index (χ0) is 14.8. The zero-order valence-electron chi connectivity index (χ0n) is 13.4. The van der Waals surface area contributed by atoms with Crippen LogP contribution in [0.3, 0.4) is 0 Å². The molecule has 1 aromatic carbocycles. The molecule has 1 aliphatic heterocycles. The molecular weight excluding hydrogens is 246 g/mol. The largest absolute Gasteiger partial charge is 0.389 e. The van der Waals surface area contributed by atoms with Gasteiger partial charge in [0.2, 0.25) is 0 Å². The standard InChI is InChI=1S/C18H29NO/c1-17(2,3)15-9-7-14(8-10-15)12-18(4,20)16-6-5-11-19-13-16/h7-10,16,19-20H,5-6,11-13H2,1-4H3. The third kappa shape index (κ3) is 3.83. The van der Waals surface area contributed by atoms with Crippen molar-refractivity contribution in [1.29, 1.82) is 0 Å². The fourth-order valence-corrected chi connectivity index (χ4v) is 3.06. The van der Waals surface area contributed by atoms with Crippen molar-refractivity contribution in [2.75, 3.05) is 13.1 Å². The van der Waals surface area contributed by atoms with Crippen LogP contribution in [0, 0.1) is 5.92 Å². The van der Waals surface area contributed by atoms with Crippen LogP contribution in [0.4, 0.5) is 0 Å². The molecule has 1 fully saturated rings. The fraction of sp³-hybridized carbons (Fsp3) is 0.667. The molecular formula is C18H29NO. The molecule has 112 valence electrons. The lowest BCUT2D eigenvalue weighted by molar-refractivity contribution is -0.0102. The summed E-state index contributed by atoms with van der Waals surface area (Å²) in [6, 6.07) is 8.74. The average Bonchev–Trinajstić information content (AvgIpc) is 2.39. The predicted molar refractivity (Wildman–Crippen MR) is 85.1 cm³/mol. The molecule has 2 nitrogen and oxygen atoms in total. The van der Waals surface area contributed by atoms with Gasteiger partial charge in [-0.1, -0.05) is 45.0 Å². The van der Waals surface area contributed by atoms with Gasteiger partial charge < -0.3 is 10.4 Å². The maximum absolute atomic E-state index is 10.8. The highest BCUT2D eigenvalue weighted by Crippen LogP contribution is 2.29. The number of benzene rings is 1. The van der Waals surface area contributed by atoms with E-state index in [9.17, 15) is 5.11 Å². The molecule has 0 saturated carbocycles. The summed E-state index contributed by atoms with van der Waals surface area (Å²) in [7, 11) is 0. The van der Waals surface area contributed by atoms with Gasteiger partial charge in [0.15, 0.2) is 0 Å². The van der Waals surface area contributed by atoms with E-state index in [2.05, 4.69) is 50.4 Å². The van der Waals surface area contributed by atoms with E-state index in [-0.39, 0.29) is 5.41 Å². The van der Waals surface area contributed by atoms with Crippen molar-refractivity contribution >= 4 is 0 Å². The number of piperidine rings is 1. The first-order valence-corrected chi connectivity index (χ1v) is 7.81. The van der Waals surface area contributed by atoms with Gasteiger partial charge in [0.05, 0.1) is 5.60 Å². The van der Waals surface area contributed by atoms with E-state index < -0.39 is 5.60 Å². The lowest BCUT2D eigenvalue weighted by Crippen LogP contribution is -2.45. The molecule has 2 unspecified atom stereocenters. The van der Waals surface area contributed by atoms with Crippen molar-refractivity contribution in [3.05, 3.63) is 35.4 Å². The summed E-state index contributed by atoms with van der Waals surface area (Å²) in [6.07, 6.45) is 3.04. The number of nitrogens with one attached hydrogen (secondary N) is 1. The van der Waals surface area contributed by atoms with E-state index in [1.165, 1.54) is 17.5 Å². The fourth-order valence-electron chi connectivity index (χ4n) is 3.06. The third-order valence-corrected chi connectivity index (χ3v) is 4.56. The van der Waals surface area contributed by atoms with Crippen LogP contribution in [0.1, 0.15) is 51.7 Å². The van der Waals surface area contributed by atoms with Crippen LogP contribution in [-0.2, 0) is 11.8 Å². The number of hydrogen-bond acceptors (Lipinski definition) is 2. The summed E-state index contributed by atoms with van der Waals surface area (Å²) in [5.41, 5.74) is 2.15. The van der Waals surface area contributed by atoms with Crippen LogP contribution in [0.25, 0.3) is 0 Å². The Morgan fingerprint density at radius 3 is 2.30 bits per heavy atom. The molecule has 1 heterocycles. The minimum atomic E-state index is -0.614. The molecule has 0 aliphatic carbocycles. The predicted octanol–water partition coefficient (Wildman–Crippen LogP) is 3.28. The summed E-state index contributed by atoms with van der Waals surface area (Å²) >= 11 is 0. The first-order valence-electron chi connectivity index (χ1n) is 7.81. The van der Waals surface area contributed by atoms with Gasteiger partial charge in [0, 0.05) is 18.9 Å². The smallest absolute Gasteiger partial charge is 0.0700 e. The first-order chi connectivity index (χ1) is 9.29. The summed E-state index contributed by atoms with van der Waals surface area (Å²) in [5.74, 6) is 0.360. The Labute approximate surface area is 123 Å². The Morgan fingerprint density at radius 1 is 1.15 bits per heavy atom. The molecule has 0 amide bonds. The lowest BCUT2D eigenvalue weighted by atomic mass is 9.79. The summed E-state index contributed by atoms with van der Waals surface area (Å²) in [4.78, 5) is 0. The molecule has 0 radical (unpaired) electrons. The van der Waals surface area contributed by atoms with Gasteiger partial charge in [0.25, 0.3) is 0 Å². The minimum Gasteiger partial charge on any atom is -0.389 e. The molecule has 2 heteroatoms. The highest BCUT2D eigenvalue weighted by molar-refractivity contribution is 5.28. The van der Waals surface area contributed by atoms with Gasteiger partial charge in [-0.3, -0.25) is 0 Å². The van der Waals surface area contributed by atoms with Gasteiger partial charge in [-0.15, -0.1) is 0 Å². The second-order valence-corrected chi connectivity index (χ2v) is 7.52. The summed E-state index contributed by atoms with van der Waals surface area (Å²) in [5, 5.41) is 14.2. The van der Waals surface area contributed by atoms with Crippen LogP contribution in [-0.4, -0.2) is 23.8 Å². The van der Waals surface area contributed by atoms with E-state index in [1.807, 2.05) is 6.92 Å². The van der Waals surface area contributed by atoms with Crippen molar-refractivity contribution in [3.63, 3.8) is 0 Å². The Bertz CT molecular complexity index is 422. The van der Waals surface area contributed by atoms with E-state index >= 15 is 0 Å². The highest BCUT2D eigenvalue weighted by Gasteiger charge is 2.32. The zero-order valence-corrected chi connectivity index (χ0v) is 13.4. The normalized spacial score (nSPS) is 23.4. The van der Waals surface area contributed by atoms with Crippen molar-refractivity contribution in [1.82, 2.24) is 5.32 Å². The molecule has 0 bridgehead atoms. The van der Waals surface area contributed by atoms with Crippen molar-refractivity contribution in [2.24, 2.45) is 5.92 Å². The van der Waals surface area contributed by atoms with Crippen LogP contribution >= 0.6 is 0 Å². The van der Waals surface area contributed by atoms with Crippen LogP contribution in [0.15, 0.2) is 24.3 Å². The van der Waals surface area contributed by atoms with Gasteiger partial charge >= 0.3 is 0 Å². The third-order valence-electron chi connectivity index (χ3n) is 4.56. The van der Waals surface area contributed by atoms with E-state index in [4.69, 9.17) is 0 Å². The van der Waals surface area contributed by atoms with Gasteiger partial charge in [0.1, 0.15) is 0 Å². The van der Waals surface area contributed by atoms with Gasteiger partial charge in [-0.25, -0.2) is 0 Å². The molecule has 2 N–H and O–H groups in total. The van der Waals surface area contributed by atoms with E-state index in [0.29, 0.717) is 5.92 Å². The topological polar surface area (TPSA) is 32.3 Å². The summed E-state index contributed by atoms with van der Waals surface area (Å²) in [6.45, 7) is 10.7. The highest BCUT2D eigenvalue weighted by atomic mass is 16.3. The monoisotopic (exact) mass is 275 g/mol. The number of aliphatic hydroxyl groups is 1. The Morgan fingerprint density at radius 2 is 1.80 bits per heavy atom. The SMILES string of the molecule is CC(C)(C)c1ccc(CC(C)(O)C2CCCNC2)cc1. The molecule has 0 spiro atoms.